The lowest BCUT2D eigenvalue weighted by molar-refractivity contribution is -0.00520. The van der Waals surface area contributed by atoms with E-state index in [0.717, 1.165) is 17.8 Å². The van der Waals surface area contributed by atoms with Crippen molar-refractivity contribution in [2.45, 2.75) is 43.9 Å². The molecule has 0 saturated heterocycles. The summed E-state index contributed by atoms with van der Waals surface area (Å²) in [7, 11) is 0. The number of hydrogen-bond donors (Lipinski definition) is 0. The Morgan fingerprint density at radius 1 is 1.05 bits per heavy atom. The number of halogens is 1. The minimum Gasteiger partial charge on any atom is -0.276 e. The molecule has 0 spiro atoms. The predicted octanol–water partition coefficient (Wildman–Crippen LogP) is 4.53. The Bertz CT molecular complexity index is 499. The van der Waals surface area contributed by atoms with Gasteiger partial charge in [-0.3, -0.25) is 4.79 Å². The molecular formula is C17H19ClO. The zero-order valence-corrected chi connectivity index (χ0v) is 11.8. The normalized spacial score (nSPS) is 39.5. The van der Waals surface area contributed by atoms with Crippen molar-refractivity contribution >= 4 is 16.8 Å². The first-order valence-electron chi connectivity index (χ1n) is 7.45. The van der Waals surface area contributed by atoms with Gasteiger partial charge in [0.05, 0.1) is 0 Å². The molecule has 2 heteroatoms. The number of carbonyl (C=O) groups is 1. The Hall–Kier alpha value is -0.820. The van der Waals surface area contributed by atoms with Crippen molar-refractivity contribution in [2.75, 3.05) is 0 Å². The van der Waals surface area contributed by atoms with Crippen molar-refractivity contribution in [1.82, 2.24) is 0 Å². The Morgan fingerprint density at radius 3 is 2.16 bits per heavy atom. The van der Waals surface area contributed by atoms with Crippen LogP contribution in [0, 0.1) is 17.8 Å². The Labute approximate surface area is 119 Å². The maximum Gasteiger partial charge on any atom is 0.252 e. The monoisotopic (exact) mass is 274 g/mol. The molecule has 0 aromatic heterocycles. The molecule has 1 aromatic carbocycles. The molecule has 4 aliphatic rings. The molecule has 0 N–H and O–H groups in total. The highest BCUT2D eigenvalue weighted by Crippen LogP contribution is 2.60. The molecular weight excluding hydrogens is 256 g/mol. The fourth-order valence-corrected chi connectivity index (χ4v) is 5.55. The summed E-state index contributed by atoms with van der Waals surface area (Å²) in [6.07, 6.45) is 8.35. The molecule has 4 bridgehead atoms. The highest BCUT2D eigenvalue weighted by molar-refractivity contribution is 6.67. The number of benzene rings is 1. The summed E-state index contributed by atoms with van der Waals surface area (Å²) >= 11 is 5.64. The summed E-state index contributed by atoms with van der Waals surface area (Å²) in [6, 6.07) is 8.11. The summed E-state index contributed by atoms with van der Waals surface area (Å²) in [5, 5.41) is -0.327. The number of carbonyl (C=O) groups excluding carboxylic acids is 1. The molecule has 0 atom stereocenters. The van der Waals surface area contributed by atoms with Gasteiger partial charge in [-0.2, -0.15) is 0 Å². The van der Waals surface area contributed by atoms with Gasteiger partial charge in [-0.25, -0.2) is 0 Å². The van der Waals surface area contributed by atoms with Gasteiger partial charge in [0.25, 0.3) is 5.24 Å². The quantitative estimate of drug-likeness (QED) is 0.724. The summed E-state index contributed by atoms with van der Waals surface area (Å²) < 4.78 is 0. The van der Waals surface area contributed by atoms with Crippen LogP contribution in [0.5, 0.6) is 0 Å². The van der Waals surface area contributed by atoms with Gasteiger partial charge in [0.1, 0.15) is 0 Å². The Balaban J connectivity index is 1.75. The van der Waals surface area contributed by atoms with Gasteiger partial charge in [0.2, 0.25) is 0 Å². The third kappa shape index (κ3) is 1.86. The van der Waals surface area contributed by atoms with Gasteiger partial charge >= 0.3 is 0 Å². The Morgan fingerprint density at radius 2 is 1.63 bits per heavy atom. The van der Waals surface area contributed by atoms with Crippen LogP contribution < -0.4 is 0 Å². The smallest absolute Gasteiger partial charge is 0.252 e. The molecule has 1 aromatic rings. The van der Waals surface area contributed by atoms with E-state index in [4.69, 9.17) is 11.6 Å². The molecule has 4 saturated carbocycles. The maximum absolute atomic E-state index is 11.4. The lowest BCUT2D eigenvalue weighted by Gasteiger charge is -2.57. The molecule has 0 aliphatic heterocycles. The second-order valence-electron chi connectivity index (χ2n) is 7.05. The molecule has 0 heterocycles. The molecule has 0 unspecified atom stereocenters. The van der Waals surface area contributed by atoms with E-state index < -0.39 is 0 Å². The second kappa shape index (κ2) is 4.09. The molecule has 100 valence electrons. The van der Waals surface area contributed by atoms with E-state index >= 15 is 0 Å². The average Bonchev–Trinajstić information content (AvgIpc) is 2.37. The Kier molecular flexibility index (Phi) is 2.57. The van der Waals surface area contributed by atoms with E-state index in [2.05, 4.69) is 12.1 Å². The topological polar surface area (TPSA) is 17.1 Å². The van der Waals surface area contributed by atoms with E-state index in [1.807, 2.05) is 12.1 Å². The minimum atomic E-state index is -0.327. The van der Waals surface area contributed by atoms with Crippen LogP contribution in [0.3, 0.4) is 0 Å². The second-order valence-corrected chi connectivity index (χ2v) is 7.40. The molecule has 4 fully saturated rings. The van der Waals surface area contributed by atoms with Gasteiger partial charge in [0, 0.05) is 5.56 Å². The van der Waals surface area contributed by atoms with E-state index in [0.29, 0.717) is 11.0 Å². The predicted molar refractivity (Wildman–Crippen MR) is 76.5 cm³/mol. The summed E-state index contributed by atoms with van der Waals surface area (Å²) in [4.78, 5) is 11.4. The largest absolute Gasteiger partial charge is 0.276 e. The summed E-state index contributed by atoms with van der Waals surface area (Å²) in [5.41, 5.74) is 2.39. The van der Waals surface area contributed by atoms with Gasteiger partial charge < -0.3 is 0 Å². The third-order valence-corrected chi connectivity index (χ3v) is 5.96. The number of hydrogen-bond acceptors (Lipinski definition) is 1. The van der Waals surface area contributed by atoms with Crippen molar-refractivity contribution in [3.05, 3.63) is 35.4 Å². The van der Waals surface area contributed by atoms with E-state index in [9.17, 15) is 4.79 Å². The van der Waals surface area contributed by atoms with Crippen molar-refractivity contribution in [1.29, 1.82) is 0 Å². The third-order valence-electron chi connectivity index (χ3n) is 5.74. The molecule has 19 heavy (non-hydrogen) atoms. The summed E-state index contributed by atoms with van der Waals surface area (Å²) in [5.74, 6) is 2.80. The van der Waals surface area contributed by atoms with Crippen LogP contribution >= 0.6 is 11.6 Å². The summed E-state index contributed by atoms with van der Waals surface area (Å²) in [6.45, 7) is 0. The van der Waals surface area contributed by atoms with E-state index in [1.165, 1.54) is 44.1 Å². The number of rotatable bonds is 2. The molecule has 5 rings (SSSR count). The van der Waals surface area contributed by atoms with Crippen LogP contribution in [0.1, 0.15) is 54.4 Å². The fourth-order valence-electron chi connectivity index (χ4n) is 5.44. The molecule has 4 aliphatic carbocycles. The van der Waals surface area contributed by atoms with Crippen LogP contribution in [0.2, 0.25) is 0 Å². The van der Waals surface area contributed by atoms with Gasteiger partial charge in [-0.05, 0) is 84.9 Å². The lowest BCUT2D eigenvalue weighted by Crippen LogP contribution is -2.48. The van der Waals surface area contributed by atoms with Gasteiger partial charge in [-0.1, -0.05) is 18.2 Å². The molecule has 1 nitrogen and oxygen atoms in total. The van der Waals surface area contributed by atoms with E-state index in [-0.39, 0.29) is 5.24 Å². The van der Waals surface area contributed by atoms with Crippen molar-refractivity contribution < 1.29 is 4.79 Å². The van der Waals surface area contributed by atoms with Crippen LogP contribution in [-0.2, 0) is 5.41 Å². The highest BCUT2D eigenvalue weighted by atomic mass is 35.5. The fraction of sp³-hybridized carbons (Fsp3) is 0.588. The van der Waals surface area contributed by atoms with Crippen LogP contribution in [0.15, 0.2) is 24.3 Å². The average molecular weight is 275 g/mol. The zero-order chi connectivity index (χ0) is 13.0. The van der Waals surface area contributed by atoms with Crippen LogP contribution in [0.4, 0.5) is 0 Å². The van der Waals surface area contributed by atoms with Crippen LogP contribution in [-0.4, -0.2) is 5.24 Å². The first-order chi connectivity index (χ1) is 9.14. The maximum atomic E-state index is 11.4. The van der Waals surface area contributed by atoms with Crippen molar-refractivity contribution in [3.8, 4) is 0 Å². The van der Waals surface area contributed by atoms with Crippen LogP contribution in [0.25, 0.3) is 0 Å². The van der Waals surface area contributed by atoms with Gasteiger partial charge in [-0.15, -0.1) is 0 Å². The van der Waals surface area contributed by atoms with E-state index in [1.54, 1.807) is 0 Å². The minimum absolute atomic E-state index is 0.327. The highest BCUT2D eigenvalue weighted by Gasteiger charge is 2.51. The molecule has 0 radical (unpaired) electrons. The van der Waals surface area contributed by atoms with Crippen molar-refractivity contribution in [2.24, 2.45) is 17.8 Å². The first kappa shape index (κ1) is 12.0. The first-order valence-corrected chi connectivity index (χ1v) is 7.83. The standard InChI is InChI=1S/C17H19ClO/c18-16(19)14-2-1-3-15(7-14)17-8-11-4-12(9-17)6-13(5-11)10-17/h1-3,7,11-13H,4-6,8-10H2. The zero-order valence-electron chi connectivity index (χ0n) is 11.1. The molecule has 0 amide bonds. The van der Waals surface area contributed by atoms with Gasteiger partial charge in [0.15, 0.2) is 0 Å². The SMILES string of the molecule is O=C(Cl)c1cccc(C23CC4CC(CC(C4)C2)C3)c1. The lowest BCUT2D eigenvalue weighted by atomic mass is 9.48. The van der Waals surface area contributed by atoms with Crippen molar-refractivity contribution in [3.63, 3.8) is 0 Å².